The molecule has 0 spiro atoms. The molecule has 0 atom stereocenters. The standard InChI is InChI=1S/C26H26N2O2S/c1-18-9-11-22(12-10-18)17-28-25(29)24(31-26(28)30)16-23-15-19(2)27(20(23)3)14-13-21-7-5-4-6-8-21/h4-12,15-16H,13-14,17H2,1-3H3/b24-16-. The van der Waals surface area contributed by atoms with E-state index in [2.05, 4.69) is 48.7 Å². The molecule has 31 heavy (non-hydrogen) atoms. The van der Waals surface area contributed by atoms with Gasteiger partial charge in [0, 0.05) is 17.9 Å². The molecule has 0 radical (unpaired) electrons. The monoisotopic (exact) mass is 430 g/mol. The zero-order valence-electron chi connectivity index (χ0n) is 18.1. The van der Waals surface area contributed by atoms with Crippen LogP contribution in [0.4, 0.5) is 4.79 Å². The Balaban J connectivity index is 1.51. The second-order valence-corrected chi connectivity index (χ2v) is 8.96. The van der Waals surface area contributed by atoms with Gasteiger partial charge in [0.05, 0.1) is 11.4 Å². The molecule has 0 saturated carbocycles. The van der Waals surface area contributed by atoms with Crippen LogP contribution in [0.3, 0.4) is 0 Å². The lowest BCUT2D eigenvalue weighted by molar-refractivity contribution is -0.123. The van der Waals surface area contributed by atoms with Crippen LogP contribution in [0.2, 0.25) is 0 Å². The first kappa shape index (κ1) is 21.2. The Kier molecular flexibility index (Phi) is 6.14. The van der Waals surface area contributed by atoms with E-state index in [0.717, 1.165) is 52.8 Å². The average molecular weight is 431 g/mol. The highest BCUT2D eigenvalue weighted by Crippen LogP contribution is 2.34. The quantitative estimate of drug-likeness (QED) is 0.458. The van der Waals surface area contributed by atoms with Crippen LogP contribution in [0.25, 0.3) is 6.08 Å². The molecule has 1 aliphatic heterocycles. The van der Waals surface area contributed by atoms with E-state index in [9.17, 15) is 9.59 Å². The summed E-state index contributed by atoms with van der Waals surface area (Å²) in [5.41, 5.74) is 6.66. The third-order valence-corrected chi connectivity index (χ3v) is 6.61. The molecule has 1 fully saturated rings. The van der Waals surface area contributed by atoms with Crippen LogP contribution in [-0.2, 0) is 24.3 Å². The molecule has 0 unspecified atom stereocenters. The van der Waals surface area contributed by atoms with Gasteiger partial charge in [-0.1, -0.05) is 60.2 Å². The number of aryl methyl sites for hydroxylation is 3. The lowest BCUT2D eigenvalue weighted by Crippen LogP contribution is -2.27. The number of imide groups is 1. The summed E-state index contributed by atoms with van der Waals surface area (Å²) < 4.78 is 2.27. The van der Waals surface area contributed by atoms with Crippen LogP contribution in [0.5, 0.6) is 0 Å². The summed E-state index contributed by atoms with van der Waals surface area (Å²) in [6, 6.07) is 20.4. The van der Waals surface area contributed by atoms with Gasteiger partial charge in [0.25, 0.3) is 11.1 Å². The molecule has 0 bridgehead atoms. The zero-order chi connectivity index (χ0) is 22.0. The molecule has 5 heteroatoms. The second kappa shape index (κ2) is 8.98. The Hall–Kier alpha value is -3.05. The number of carbonyl (C=O) groups is 2. The Morgan fingerprint density at radius 3 is 2.32 bits per heavy atom. The van der Waals surface area contributed by atoms with Crippen molar-refractivity contribution >= 4 is 29.0 Å². The van der Waals surface area contributed by atoms with Gasteiger partial charge >= 0.3 is 0 Å². The molecule has 1 aromatic heterocycles. The summed E-state index contributed by atoms with van der Waals surface area (Å²) in [5.74, 6) is -0.218. The molecule has 4 rings (SSSR count). The van der Waals surface area contributed by atoms with Crippen molar-refractivity contribution in [3.63, 3.8) is 0 Å². The maximum atomic E-state index is 12.9. The minimum absolute atomic E-state index is 0.213. The number of hydrogen-bond donors (Lipinski definition) is 0. The molecule has 4 nitrogen and oxygen atoms in total. The van der Waals surface area contributed by atoms with Crippen molar-refractivity contribution < 1.29 is 9.59 Å². The first-order chi connectivity index (χ1) is 14.9. The summed E-state index contributed by atoms with van der Waals surface area (Å²) in [7, 11) is 0. The van der Waals surface area contributed by atoms with E-state index in [1.54, 1.807) is 0 Å². The molecule has 2 amide bonds. The lowest BCUT2D eigenvalue weighted by atomic mass is 10.1. The fraction of sp³-hybridized carbons (Fsp3) is 0.231. The first-order valence-corrected chi connectivity index (χ1v) is 11.3. The van der Waals surface area contributed by atoms with Gasteiger partial charge < -0.3 is 4.57 Å². The number of hydrogen-bond acceptors (Lipinski definition) is 3. The Morgan fingerprint density at radius 2 is 1.61 bits per heavy atom. The molecule has 2 heterocycles. The van der Waals surface area contributed by atoms with Crippen LogP contribution >= 0.6 is 11.8 Å². The van der Waals surface area contributed by atoms with Gasteiger partial charge in [-0.15, -0.1) is 0 Å². The summed E-state index contributed by atoms with van der Waals surface area (Å²) in [6.07, 6.45) is 2.81. The molecule has 0 N–H and O–H groups in total. The second-order valence-electron chi connectivity index (χ2n) is 7.97. The highest BCUT2D eigenvalue weighted by molar-refractivity contribution is 8.18. The van der Waals surface area contributed by atoms with E-state index in [4.69, 9.17) is 0 Å². The SMILES string of the molecule is Cc1ccc(CN2C(=O)S/C(=C\c3cc(C)n(CCc4ccccc4)c3C)C2=O)cc1. The molecule has 3 aromatic rings. The zero-order valence-corrected chi connectivity index (χ0v) is 18.9. The summed E-state index contributed by atoms with van der Waals surface area (Å²) in [4.78, 5) is 27.2. The summed E-state index contributed by atoms with van der Waals surface area (Å²) in [6.45, 7) is 7.35. The third kappa shape index (κ3) is 4.67. The van der Waals surface area contributed by atoms with Gasteiger partial charge in [-0.05, 0) is 67.8 Å². The fourth-order valence-electron chi connectivity index (χ4n) is 3.86. The normalized spacial score (nSPS) is 15.3. The Labute approximate surface area is 187 Å². The minimum Gasteiger partial charge on any atom is -0.348 e. The molecule has 1 saturated heterocycles. The highest BCUT2D eigenvalue weighted by atomic mass is 32.2. The van der Waals surface area contributed by atoms with Gasteiger partial charge in [-0.3, -0.25) is 14.5 Å². The number of amides is 2. The predicted octanol–water partition coefficient (Wildman–Crippen LogP) is 5.89. The number of rotatable bonds is 6. The van der Waals surface area contributed by atoms with Crippen molar-refractivity contribution in [3.8, 4) is 0 Å². The third-order valence-electron chi connectivity index (χ3n) is 5.70. The lowest BCUT2D eigenvalue weighted by Gasteiger charge is -2.12. The minimum atomic E-state index is -0.218. The molecule has 1 aliphatic rings. The number of benzene rings is 2. The highest BCUT2D eigenvalue weighted by Gasteiger charge is 2.35. The Bertz CT molecular complexity index is 1140. The van der Waals surface area contributed by atoms with E-state index >= 15 is 0 Å². The van der Waals surface area contributed by atoms with Gasteiger partial charge in [0.1, 0.15) is 0 Å². The van der Waals surface area contributed by atoms with Crippen molar-refractivity contribution in [3.05, 3.63) is 99.2 Å². The van der Waals surface area contributed by atoms with Gasteiger partial charge in [0.2, 0.25) is 0 Å². The number of aromatic nitrogens is 1. The maximum Gasteiger partial charge on any atom is 0.293 e. The van der Waals surface area contributed by atoms with Crippen LogP contribution in [0.15, 0.2) is 65.6 Å². The maximum absolute atomic E-state index is 12.9. The van der Waals surface area contributed by atoms with Gasteiger partial charge in [0.15, 0.2) is 0 Å². The summed E-state index contributed by atoms with van der Waals surface area (Å²) in [5, 5.41) is -0.213. The van der Waals surface area contributed by atoms with E-state index in [1.807, 2.05) is 43.3 Å². The van der Waals surface area contributed by atoms with Crippen molar-refractivity contribution in [2.24, 2.45) is 0 Å². The largest absolute Gasteiger partial charge is 0.348 e. The van der Waals surface area contributed by atoms with Crippen molar-refractivity contribution in [1.29, 1.82) is 0 Å². The molecule has 158 valence electrons. The van der Waals surface area contributed by atoms with Gasteiger partial charge in [-0.2, -0.15) is 0 Å². The van der Waals surface area contributed by atoms with E-state index in [0.29, 0.717) is 11.4 Å². The Morgan fingerprint density at radius 1 is 0.903 bits per heavy atom. The molecule has 0 aliphatic carbocycles. The van der Waals surface area contributed by atoms with E-state index in [1.165, 1.54) is 10.5 Å². The van der Waals surface area contributed by atoms with E-state index in [-0.39, 0.29) is 11.1 Å². The smallest absolute Gasteiger partial charge is 0.293 e. The number of nitrogens with zero attached hydrogens (tertiary/aromatic N) is 2. The molecular formula is C26H26N2O2S. The van der Waals surface area contributed by atoms with E-state index < -0.39 is 0 Å². The number of carbonyl (C=O) groups excluding carboxylic acids is 2. The van der Waals surface area contributed by atoms with Crippen molar-refractivity contribution in [2.75, 3.05) is 0 Å². The predicted molar refractivity (Wildman–Crippen MR) is 127 cm³/mol. The molecular weight excluding hydrogens is 404 g/mol. The average Bonchev–Trinajstić information content (AvgIpc) is 3.18. The van der Waals surface area contributed by atoms with Gasteiger partial charge in [-0.25, -0.2) is 0 Å². The van der Waals surface area contributed by atoms with Crippen LogP contribution in [-0.4, -0.2) is 20.6 Å². The summed E-state index contributed by atoms with van der Waals surface area (Å²) >= 11 is 1.02. The van der Waals surface area contributed by atoms with Crippen LogP contribution in [0.1, 0.15) is 33.6 Å². The number of thioether (sulfide) groups is 1. The van der Waals surface area contributed by atoms with Crippen molar-refractivity contribution in [1.82, 2.24) is 9.47 Å². The van der Waals surface area contributed by atoms with Crippen LogP contribution in [0, 0.1) is 20.8 Å². The topological polar surface area (TPSA) is 42.3 Å². The van der Waals surface area contributed by atoms with Crippen LogP contribution < -0.4 is 0 Å². The first-order valence-electron chi connectivity index (χ1n) is 10.4. The van der Waals surface area contributed by atoms with Crippen molar-refractivity contribution in [2.45, 2.75) is 40.3 Å². The fourth-order valence-corrected chi connectivity index (χ4v) is 4.69. The molecule has 2 aromatic carbocycles.